The Kier molecular flexibility index (Phi) is 4.12. The van der Waals surface area contributed by atoms with Gasteiger partial charge in [-0.15, -0.1) is 0 Å². The van der Waals surface area contributed by atoms with Crippen LogP contribution in [-0.4, -0.2) is 31.9 Å². The summed E-state index contributed by atoms with van der Waals surface area (Å²) in [7, 11) is 0. The normalized spacial score (nSPS) is 14.2. The van der Waals surface area contributed by atoms with Crippen molar-refractivity contribution < 1.29 is 4.79 Å². The van der Waals surface area contributed by atoms with E-state index in [1.807, 2.05) is 42.5 Å². The van der Waals surface area contributed by atoms with Crippen LogP contribution in [0.2, 0.25) is 0 Å². The molecule has 120 valence electrons. The van der Waals surface area contributed by atoms with Crippen LogP contribution in [0, 0.1) is 0 Å². The number of nitrogens with zero attached hydrogens (tertiary/aromatic N) is 4. The third-order valence-corrected chi connectivity index (χ3v) is 5.03. The van der Waals surface area contributed by atoms with Crippen LogP contribution in [0.4, 0.5) is 0 Å². The Morgan fingerprint density at radius 3 is 2.75 bits per heavy atom. The van der Waals surface area contributed by atoms with Gasteiger partial charge in [0.25, 0.3) is 0 Å². The lowest BCUT2D eigenvalue weighted by Crippen LogP contribution is -2.25. The van der Waals surface area contributed by atoms with Gasteiger partial charge in [-0.1, -0.05) is 34.1 Å². The van der Waals surface area contributed by atoms with Gasteiger partial charge < -0.3 is 0 Å². The fraction of sp³-hybridized carbons (Fsp3) is 0.176. The van der Waals surface area contributed by atoms with Crippen molar-refractivity contribution in [2.24, 2.45) is 5.10 Å². The summed E-state index contributed by atoms with van der Waals surface area (Å²) < 4.78 is 9.43. The molecule has 5 nitrogen and oxygen atoms in total. The Morgan fingerprint density at radius 2 is 1.92 bits per heavy atom. The summed E-state index contributed by atoms with van der Waals surface area (Å²) in [4.78, 5) is 12.5. The van der Waals surface area contributed by atoms with Gasteiger partial charge >= 0.3 is 0 Å². The van der Waals surface area contributed by atoms with Crippen LogP contribution < -0.4 is 0 Å². The van der Waals surface area contributed by atoms with Crippen molar-refractivity contribution >= 4 is 50.3 Å². The van der Waals surface area contributed by atoms with E-state index in [9.17, 15) is 4.79 Å². The molecule has 0 N–H and O–H groups in total. The van der Waals surface area contributed by atoms with Crippen molar-refractivity contribution in [3.8, 4) is 0 Å². The van der Waals surface area contributed by atoms with Gasteiger partial charge in [0, 0.05) is 10.9 Å². The zero-order valence-corrected chi connectivity index (χ0v) is 15.0. The minimum absolute atomic E-state index is 0.00431. The van der Waals surface area contributed by atoms with E-state index in [4.69, 9.17) is 0 Å². The minimum Gasteiger partial charge on any atom is -0.273 e. The van der Waals surface area contributed by atoms with Crippen LogP contribution in [0.5, 0.6) is 0 Å². The molecule has 0 saturated heterocycles. The summed E-state index contributed by atoms with van der Waals surface area (Å²) in [5.74, 6) is 0.00431. The summed E-state index contributed by atoms with van der Waals surface area (Å²) in [5.41, 5.74) is 4.66. The number of benzene rings is 2. The summed E-state index contributed by atoms with van der Waals surface area (Å²) in [5, 5.41) is 6.07. The molecule has 0 atom stereocenters. The molecule has 0 fully saturated rings. The Balaban J connectivity index is 1.49. The second-order valence-corrected chi connectivity index (χ2v) is 7.03. The molecule has 0 spiro atoms. The molecule has 1 amide bonds. The zero-order valence-electron chi connectivity index (χ0n) is 12.6. The Hall–Kier alpha value is -2.12. The molecule has 1 aromatic heterocycles. The number of fused-ring (bicyclic) bond motifs is 1. The van der Waals surface area contributed by atoms with Gasteiger partial charge in [-0.2, -0.15) is 13.8 Å². The minimum atomic E-state index is 0.00431. The molecule has 3 aromatic rings. The maximum atomic E-state index is 12.5. The molecule has 2 heterocycles. The smallest absolute Gasteiger partial charge is 0.247 e. The molecule has 0 bridgehead atoms. The molecular weight excluding hydrogens is 388 g/mol. The number of amides is 1. The highest BCUT2D eigenvalue weighted by atomic mass is 79.9. The standard InChI is InChI=1S/C17H13BrN4OS/c18-13-4-2-12(3-5-13)14-7-8-22(19-14)17(23)10-11-1-6-15-16(9-11)21-24-20-15/h1-6,9H,7-8,10H2. The average Bonchev–Trinajstić information content (AvgIpc) is 3.24. The van der Waals surface area contributed by atoms with Gasteiger partial charge in [-0.05, 0) is 35.4 Å². The highest BCUT2D eigenvalue weighted by Gasteiger charge is 2.21. The Morgan fingerprint density at radius 1 is 1.12 bits per heavy atom. The number of halogens is 1. The molecule has 0 radical (unpaired) electrons. The third kappa shape index (κ3) is 3.09. The predicted octanol–water partition coefficient (Wildman–Crippen LogP) is 3.63. The first kappa shape index (κ1) is 15.4. The molecule has 1 aliphatic rings. The quantitative estimate of drug-likeness (QED) is 0.674. The van der Waals surface area contributed by atoms with Gasteiger partial charge in [-0.25, -0.2) is 5.01 Å². The maximum Gasteiger partial charge on any atom is 0.247 e. The van der Waals surface area contributed by atoms with Gasteiger partial charge in [0.05, 0.1) is 30.4 Å². The SMILES string of the molecule is O=C(Cc1ccc2nsnc2c1)N1CCC(c2ccc(Br)cc2)=N1. The Bertz CT molecular complexity index is 935. The van der Waals surface area contributed by atoms with Gasteiger partial charge in [0.15, 0.2) is 0 Å². The second kappa shape index (κ2) is 6.41. The predicted molar refractivity (Wildman–Crippen MR) is 98.1 cm³/mol. The van der Waals surface area contributed by atoms with Crippen molar-refractivity contribution in [2.75, 3.05) is 6.54 Å². The molecular formula is C17H13BrN4OS. The molecule has 7 heteroatoms. The number of hydrogen-bond donors (Lipinski definition) is 0. The van der Waals surface area contributed by atoms with Crippen LogP contribution in [0.3, 0.4) is 0 Å². The van der Waals surface area contributed by atoms with E-state index in [-0.39, 0.29) is 5.91 Å². The molecule has 2 aromatic carbocycles. The fourth-order valence-electron chi connectivity index (χ4n) is 2.69. The van der Waals surface area contributed by atoms with Crippen LogP contribution in [0.1, 0.15) is 17.5 Å². The number of rotatable bonds is 3. The largest absolute Gasteiger partial charge is 0.273 e. The topological polar surface area (TPSA) is 58.5 Å². The number of hydrazone groups is 1. The van der Waals surface area contributed by atoms with Crippen LogP contribution in [0.25, 0.3) is 11.0 Å². The summed E-state index contributed by atoms with van der Waals surface area (Å²) in [6.07, 6.45) is 1.10. The average molecular weight is 401 g/mol. The van der Waals surface area contributed by atoms with Crippen LogP contribution in [0.15, 0.2) is 52.0 Å². The molecule has 4 rings (SSSR count). The lowest BCUT2D eigenvalue weighted by Gasteiger charge is -2.11. The molecule has 0 unspecified atom stereocenters. The fourth-order valence-corrected chi connectivity index (χ4v) is 3.47. The number of carbonyl (C=O) groups excluding carboxylic acids is 1. The van der Waals surface area contributed by atoms with Gasteiger partial charge in [0.1, 0.15) is 11.0 Å². The van der Waals surface area contributed by atoms with Crippen LogP contribution >= 0.6 is 27.7 Å². The maximum absolute atomic E-state index is 12.5. The zero-order chi connectivity index (χ0) is 16.5. The van der Waals surface area contributed by atoms with E-state index < -0.39 is 0 Å². The third-order valence-electron chi connectivity index (χ3n) is 3.94. The van der Waals surface area contributed by atoms with E-state index in [0.29, 0.717) is 13.0 Å². The van der Waals surface area contributed by atoms with Crippen molar-refractivity contribution in [3.05, 3.63) is 58.1 Å². The summed E-state index contributed by atoms with van der Waals surface area (Å²) in [6.45, 7) is 0.630. The first-order valence-corrected chi connectivity index (χ1v) is 9.06. The summed E-state index contributed by atoms with van der Waals surface area (Å²) >= 11 is 4.61. The molecule has 0 aliphatic carbocycles. The van der Waals surface area contributed by atoms with Crippen molar-refractivity contribution in [1.29, 1.82) is 0 Å². The summed E-state index contributed by atoms with van der Waals surface area (Å²) in [6, 6.07) is 13.8. The highest BCUT2D eigenvalue weighted by molar-refractivity contribution is 9.10. The van der Waals surface area contributed by atoms with Gasteiger partial charge in [-0.3, -0.25) is 4.79 Å². The number of hydrogen-bond acceptors (Lipinski definition) is 5. The van der Waals surface area contributed by atoms with E-state index in [0.717, 1.165) is 38.8 Å². The number of aromatic nitrogens is 2. The lowest BCUT2D eigenvalue weighted by molar-refractivity contribution is -0.130. The van der Waals surface area contributed by atoms with E-state index in [1.165, 1.54) is 11.7 Å². The van der Waals surface area contributed by atoms with Crippen molar-refractivity contribution in [1.82, 2.24) is 13.8 Å². The molecule has 1 aliphatic heterocycles. The molecule has 0 saturated carbocycles. The van der Waals surface area contributed by atoms with Crippen LogP contribution in [-0.2, 0) is 11.2 Å². The first-order chi connectivity index (χ1) is 11.7. The van der Waals surface area contributed by atoms with E-state index >= 15 is 0 Å². The van der Waals surface area contributed by atoms with Crippen molar-refractivity contribution in [2.45, 2.75) is 12.8 Å². The highest BCUT2D eigenvalue weighted by Crippen LogP contribution is 2.19. The Labute approximate surface area is 151 Å². The number of carbonyl (C=O) groups is 1. The first-order valence-electron chi connectivity index (χ1n) is 7.54. The molecule has 24 heavy (non-hydrogen) atoms. The van der Waals surface area contributed by atoms with Gasteiger partial charge in [0.2, 0.25) is 5.91 Å². The van der Waals surface area contributed by atoms with Crippen molar-refractivity contribution in [3.63, 3.8) is 0 Å². The lowest BCUT2D eigenvalue weighted by atomic mass is 10.1. The van der Waals surface area contributed by atoms with E-state index in [2.05, 4.69) is 29.8 Å². The second-order valence-electron chi connectivity index (χ2n) is 5.58. The monoisotopic (exact) mass is 400 g/mol. The van der Waals surface area contributed by atoms with E-state index in [1.54, 1.807) is 5.01 Å².